The average molecular weight is 354 g/mol. The van der Waals surface area contributed by atoms with E-state index in [9.17, 15) is 14.4 Å². The summed E-state index contributed by atoms with van der Waals surface area (Å²) < 4.78 is 9.87. The standard InChI is InChI=1S/C19H18N2O5/c1-25-16(23)18-7-8-19(15(18)22,17(24)26-2)10-14-13(9-18)20-11-5-3-4-6-12(11)21-14/h3-6H,7-10H2,1-2H3/t18-,19+. The van der Waals surface area contributed by atoms with Crippen LogP contribution in [0.15, 0.2) is 24.3 Å². The summed E-state index contributed by atoms with van der Waals surface area (Å²) in [6.45, 7) is 0. The van der Waals surface area contributed by atoms with E-state index in [2.05, 4.69) is 9.97 Å². The van der Waals surface area contributed by atoms with Gasteiger partial charge in [-0.3, -0.25) is 14.4 Å². The summed E-state index contributed by atoms with van der Waals surface area (Å²) in [6, 6.07) is 7.36. The summed E-state index contributed by atoms with van der Waals surface area (Å²) >= 11 is 0. The maximum absolute atomic E-state index is 13.4. The topological polar surface area (TPSA) is 95.5 Å². The van der Waals surface area contributed by atoms with Gasteiger partial charge in [0.1, 0.15) is 10.8 Å². The van der Waals surface area contributed by atoms with Gasteiger partial charge >= 0.3 is 11.9 Å². The first-order valence-corrected chi connectivity index (χ1v) is 8.43. The maximum Gasteiger partial charge on any atom is 0.319 e. The predicted molar refractivity (Wildman–Crippen MR) is 90.1 cm³/mol. The Hall–Kier alpha value is -2.83. The van der Waals surface area contributed by atoms with Crippen LogP contribution in [0, 0.1) is 10.8 Å². The second-order valence-electron chi connectivity index (χ2n) is 6.94. The van der Waals surface area contributed by atoms with Crippen LogP contribution in [-0.2, 0) is 36.7 Å². The van der Waals surface area contributed by atoms with Crippen molar-refractivity contribution >= 4 is 28.8 Å². The quantitative estimate of drug-likeness (QED) is 0.594. The van der Waals surface area contributed by atoms with Crippen molar-refractivity contribution in [2.24, 2.45) is 10.8 Å². The Bertz CT molecular complexity index is 882. The molecule has 0 unspecified atom stereocenters. The van der Waals surface area contributed by atoms with Crippen LogP contribution in [0.1, 0.15) is 24.2 Å². The molecule has 0 amide bonds. The molecule has 7 nitrogen and oxygen atoms in total. The van der Waals surface area contributed by atoms with Gasteiger partial charge in [-0.15, -0.1) is 0 Å². The average Bonchev–Trinajstić information content (AvgIpc) is 2.88. The normalized spacial score (nSPS) is 26.9. The number of carbonyl (C=O) groups is 3. The molecule has 0 saturated heterocycles. The number of rotatable bonds is 2. The Morgan fingerprint density at radius 2 is 1.31 bits per heavy atom. The van der Waals surface area contributed by atoms with Crippen LogP contribution in [-0.4, -0.2) is 41.9 Å². The number of methoxy groups -OCH3 is 2. The fourth-order valence-corrected chi connectivity index (χ4v) is 4.30. The van der Waals surface area contributed by atoms with Crippen LogP contribution in [0.25, 0.3) is 11.0 Å². The minimum absolute atomic E-state index is 0.0877. The molecule has 2 aliphatic rings. The van der Waals surface area contributed by atoms with Crippen LogP contribution in [0.4, 0.5) is 0 Å². The first-order valence-electron chi connectivity index (χ1n) is 8.43. The molecule has 0 N–H and O–H groups in total. The molecule has 1 heterocycles. The van der Waals surface area contributed by atoms with Crippen molar-refractivity contribution < 1.29 is 23.9 Å². The molecule has 0 spiro atoms. The van der Waals surface area contributed by atoms with E-state index in [0.29, 0.717) is 22.4 Å². The SMILES string of the molecule is COC(=O)[C@]12CC[C@](C(=O)OC)(Cc3nc4ccccc4nc3C1)C2=O. The minimum atomic E-state index is -1.41. The Kier molecular flexibility index (Phi) is 3.57. The molecule has 2 aromatic rings. The van der Waals surface area contributed by atoms with Gasteiger partial charge in [0.15, 0.2) is 5.78 Å². The zero-order chi connectivity index (χ0) is 18.5. The van der Waals surface area contributed by atoms with Gasteiger partial charge in [-0.25, -0.2) is 9.97 Å². The number of carbonyl (C=O) groups excluding carboxylic acids is 3. The largest absolute Gasteiger partial charge is 0.468 e. The van der Waals surface area contributed by atoms with E-state index in [-0.39, 0.29) is 25.7 Å². The number of hydrogen-bond donors (Lipinski definition) is 0. The Morgan fingerprint density at radius 1 is 0.885 bits per heavy atom. The first-order chi connectivity index (χ1) is 12.5. The number of aromatic nitrogens is 2. The zero-order valence-corrected chi connectivity index (χ0v) is 14.6. The minimum Gasteiger partial charge on any atom is -0.468 e. The fraction of sp³-hybridized carbons (Fsp3) is 0.421. The summed E-state index contributed by atoms with van der Waals surface area (Å²) in [5.41, 5.74) is -0.329. The second kappa shape index (κ2) is 5.59. The molecule has 134 valence electrons. The number of nitrogens with zero attached hydrogens (tertiary/aromatic N) is 2. The fourth-order valence-electron chi connectivity index (χ4n) is 4.30. The Labute approximate surface area is 149 Å². The van der Waals surface area contributed by atoms with Crippen LogP contribution in [0.3, 0.4) is 0 Å². The van der Waals surface area contributed by atoms with Crippen molar-refractivity contribution in [3.63, 3.8) is 0 Å². The monoisotopic (exact) mass is 354 g/mol. The molecule has 1 aromatic carbocycles. The summed E-state index contributed by atoms with van der Waals surface area (Å²) in [4.78, 5) is 47.8. The molecule has 1 fully saturated rings. The highest BCUT2D eigenvalue weighted by Gasteiger charge is 2.66. The van der Waals surface area contributed by atoms with Gasteiger partial charge in [0.2, 0.25) is 0 Å². The molecular formula is C19H18N2O5. The molecule has 2 bridgehead atoms. The lowest BCUT2D eigenvalue weighted by molar-refractivity contribution is -0.162. The third kappa shape index (κ3) is 2.03. The van der Waals surface area contributed by atoms with Crippen LogP contribution in [0.5, 0.6) is 0 Å². The van der Waals surface area contributed by atoms with Crippen molar-refractivity contribution in [3.8, 4) is 0 Å². The Morgan fingerprint density at radius 3 is 1.69 bits per heavy atom. The lowest BCUT2D eigenvalue weighted by Crippen LogP contribution is -2.46. The summed E-state index contributed by atoms with van der Waals surface area (Å²) in [6.07, 6.45) is 0.651. The molecule has 2 atom stereocenters. The lowest BCUT2D eigenvalue weighted by Gasteiger charge is -2.25. The Balaban J connectivity index is 1.97. The van der Waals surface area contributed by atoms with Crippen molar-refractivity contribution in [1.29, 1.82) is 0 Å². The van der Waals surface area contributed by atoms with E-state index in [1.54, 1.807) is 0 Å². The molecule has 1 aromatic heterocycles. The van der Waals surface area contributed by atoms with Gasteiger partial charge in [0.05, 0.1) is 36.6 Å². The molecule has 26 heavy (non-hydrogen) atoms. The van der Waals surface area contributed by atoms with E-state index in [1.807, 2.05) is 24.3 Å². The third-order valence-electron chi connectivity index (χ3n) is 5.66. The molecule has 0 radical (unpaired) electrons. The maximum atomic E-state index is 13.4. The summed E-state index contributed by atoms with van der Waals surface area (Å²) in [5.74, 6) is -1.69. The van der Waals surface area contributed by atoms with Crippen LogP contribution in [0.2, 0.25) is 0 Å². The molecular weight excluding hydrogens is 336 g/mol. The molecule has 2 aliphatic carbocycles. The summed E-state index contributed by atoms with van der Waals surface area (Å²) in [7, 11) is 2.50. The van der Waals surface area contributed by atoms with Gasteiger partial charge in [0.25, 0.3) is 0 Å². The third-order valence-corrected chi connectivity index (χ3v) is 5.66. The van der Waals surface area contributed by atoms with Crippen molar-refractivity contribution in [3.05, 3.63) is 35.7 Å². The summed E-state index contributed by atoms with van der Waals surface area (Å²) in [5, 5.41) is 0. The highest BCUT2D eigenvalue weighted by atomic mass is 16.5. The highest BCUT2D eigenvalue weighted by Crippen LogP contribution is 2.53. The number of para-hydroxylation sites is 2. The number of ether oxygens (including phenoxy) is 2. The van der Waals surface area contributed by atoms with E-state index in [0.717, 1.165) is 0 Å². The van der Waals surface area contributed by atoms with Crippen LogP contribution >= 0.6 is 0 Å². The number of hydrogen-bond acceptors (Lipinski definition) is 7. The highest BCUT2D eigenvalue weighted by molar-refractivity contribution is 6.17. The number of Topliss-reactive ketones (excluding diaryl/α,β-unsaturated/α-hetero) is 1. The van der Waals surface area contributed by atoms with E-state index >= 15 is 0 Å². The number of benzene rings is 1. The zero-order valence-electron chi connectivity index (χ0n) is 14.6. The van der Waals surface area contributed by atoms with Crippen molar-refractivity contribution in [2.75, 3.05) is 14.2 Å². The van der Waals surface area contributed by atoms with Gasteiger partial charge < -0.3 is 9.47 Å². The van der Waals surface area contributed by atoms with E-state index < -0.39 is 28.6 Å². The smallest absolute Gasteiger partial charge is 0.319 e. The van der Waals surface area contributed by atoms with Crippen molar-refractivity contribution in [2.45, 2.75) is 25.7 Å². The molecule has 4 rings (SSSR count). The molecule has 0 aliphatic heterocycles. The molecule has 1 saturated carbocycles. The second-order valence-corrected chi connectivity index (χ2v) is 6.94. The van der Waals surface area contributed by atoms with Gasteiger partial charge in [-0.1, -0.05) is 12.1 Å². The van der Waals surface area contributed by atoms with E-state index in [4.69, 9.17) is 9.47 Å². The number of ketones is 1. The van der Waals surface area contributed by atoms with E-state index in [1.165, 1.54) is 14.2 Å². The number of esters is 2. The first kappa shape index (κ1) is 16.6. The predicted octanol–water partition coefficient (Wildman–Crippen LogP) is 1.41. The number of fused-ring (bicyclic) bond motifs is 4. The van der Waals surface area contributed by atoms with Gasteiger partial charge in [-0.05, 0) is 25.0 Å². The van der Waals surface area contributed by atoms with Crippen LogP contribution < -0.4 is 0 Å². The van der Waals surface area contributed by atoms with Gasteiger partial charge in [0, 0.05) is 12.8 Å². The lowest BCUT2D eigenvalue weighted by atomic mass is 9.76. The van der Waals surface area contributed by atoms with Gasteiger partial charge in [-0.2, -0.15) is 0 Å². The van der Waals surface area contributed by atoms with Crippen molar-refractivity contribution in [1.82, 2.24) is 9.97 Å². The molecule has 7 heteroatoms.